The van der Waals surface area contributed by atoms with Crippen molar-refractivity contribution in [2.75, 3.05) is 19.6 Å². The maximum Gasteiger partial charge on any atom is 0.573 e. The summed E-state index contributed by atoms with van der Waals surface area (Å²) in [4.78, 5) is 34.9. The SMILES string of the molecule is O=C(c1ccc(OC(F)(F)F)cc1)N1CCC(c2c(F)cnc3[nH]c4c(c23)C[C@]2(CCNC2=O)CC4)CC1. The minimum absolute atomic E-state index is 0.0632. The summed E-state index contributed by atoms with van der Waals surface area (Å²) in [5.41, 5.74) is 3.00. The van der Waals surface area contributed by atoms with Gasteiger partial charge in [-0.25, -0.2) is 9.37 Å². The van der Waals surface area contributed by atoms with Gasteiger partial charge in [0.2, 0.25) is 5.91 Å². The Labute approximate surface area is 215 Å². The van der Waals surface area contributed by atoms with E-state index in [1.54, 1.807) is 4.90 Å². The third kappa shape index (κ3) is 4.27. The van der Waals surface area contributed by atoms with Crippen molar-refractivity contribution in [3.8, 4) is 5.75 Å². The number of benzene rings is 1. The second-order valence-corrected chi connectivity index (χ2v) is 10.4. The van der Waals surface area contributed by atoms with E-state index < -0.39 is 17.5 Å². The Kier molecular flexibility index (Phi) is 5.84. The minimum atomic E-state index is -4.80. The van der Waals surface area contributed by atoms with Crippen LogP contribution in [-0.4, -0.2) is 52.7 Å². The summed E-state index contributed by atoms with van der Waals surface area (Å²) in [6, 6.07) is 4.84. The average Bonchev–Trinajstić information content (AvgIpc) is 3.43. The Hall–Kier alpha value is -3.63. The van der Waals surface area contributed by atoms with Crippen molar-refractivity contribution in [3.05, 3.63) is 58.7 Å². The minimum Gasteiger partial charge on any atom is -0.406 e. The first-order chi connectivity index (χ1) is 18.1. The number of aromatic amines is 1. The molecule has 2 amide bonds. The fourth-order valence-electron chi connectivity index (χ4n) is 6.35. The number of rotatable bonds is 3. The van der Waals surface area contributed by atoms with Crippen molar-refractivity contribution in [3.63, 3.8) is 0 Å². The molecule has 7 nitrogen and oxygen atoms in total. The molecule has 2 fully saturated rings. The topological polar surface area (TPSA) is 87.3 Å². The molecule has 200 valence electrons. The molecule has 38 heavy (non-hydrogen) atoms. The lowest BCUT2D eigenvalue weighted by Crippen LogP contribution is -2.38. The van der Waals surface area contributed by atoms with E-state index in [0.29, 0.717) is 56.5 Å². The second-order valence-electron chi connectivity index (χ2n) is 10.4. The van der Waals surface area contributed by atoms with Crippen LogP contribution in [0.25, 0.3) is 11.0 Å². The highest BCUT2D eigenvalue weighted by atomic mass is 19.4. The van der Waals surface area contributed by atoms with Gasteiger partial charge in [-0.2, -0.15) is 0 Å². The van der Waals surface area contributed by atoms with E-state index >= 15 is 4.39 Å². The number of carbonyl (C=O) groups is 2. The monoisotopic (exact) mass is 530 g/mol. The zero-order valence-corrected chi connectivity index (χ0v) is 20.5. The number of hydrogen-bond donors (Lipinski definition) is 2. The summed E-state index contributed by atoms with van der Waals surface area (Å²) in [5, 5.41) is 3.72. The number of nitrogens with zero attached hydrogens (tertiary/aromatic N) is 2. The number of alkyl halides is 3. The lowest BCUT2D eigenvalue weighted by atomic mass is 9.71. The maximum atomic E-state index is 15.3. The molecule has 1 aliphatic carbocycles. The average molecular weight is 531 g/mol. The van der Waals surface area contributed by atoms with Gasteiger partial charge in [-0.15, -0.1) is 13.2 Å². The number of H-pyrrole nitrogens is 1. The van der Waals surface area contributed by atoms with Gasteiger partial charge in [-0.1, -0.05) is 0 Å². The van der Waals surface area contributed by atoms with Crippen LogP contribution in [0.3, 0.4) is 0 Å². The third-order valence-electron chi connectivity index (χ3n) is 8.27. The summed E-state index contributed by atoms with van der Waals surface area (Å²) in [6.07, 6.45) is 0.270. The van der Waals surface area contributed by atoms with Crippen LogP contribution in [0.1, 0.15) is 58.8 Å². The van der Waals surface area contributed by atoms with Crippen LogP contribution in [0.15, 0.2) is 30.5 Å². The first kappa shape index (κ1) is 24.7. The number of carbonyl (C=O) groups excluding carboxylic acids is 2. The number of nitrogens with one attached hydrogen (secondary N) is 2. The first-order valence-electron chi connectivity index (χ1n) is 12.7. The van der Waals surface area contributed by atoms with Gasteiger partial charge in [0.1, 0.15) is 17.2 Å². The molecule has 0 radical (unpaired) electrons. The van der Waals surface area contributed by atoms with Crippen LogP contribution in [0, 0.1) is 11.2 Å². The smallest absolute Gasteiger partial charge is 0.406 e. The molecule has 0 unspecified atom stereocenters. The Morgan fingerprint density at radius 1 is 1.13 bits per heavy atom. The van der Waals surface area contributed by atoms with E-state index in [9.17, 15) is 22.8 Å². The lowest BCUT2D eigenvalue weighted by molar-refractivity contribution is -0.274. The van der Waals surface area contributed by atoms with E-state index in [1.165, 1.54) is 18.3 Å². The van der Waals surface area contributed by atoms with Gasteiger partial charge in [0.05, 0.1) is 11.6 Å². The molecule has 1 spiro atoms. The third-order valence-corrected chi connectivity index (χ3v) is 8.27. The number of pyridine rings is 1. The van der Waals surface area contributed by atoms with Crippen molar-refractivity contribution in [1.82, 2.24) is 20.2 Å². The number of likely N-dealkylation sites (tertiary alicyclic amines) is 1. The van der Waals surface area contributed by atoms with E-state index in [1.807, 2.05) is 0 Å². The fourth-order valence-corrected chi connectivity index (χ4v) is 6.35. The largest absolute Gasteiger partial charge is 0.573 e. The molecule has 3 aromatic rings. The molecule has 4 heterocycles. The fraction of sp³-hybridized carbons (Fsp3) is 0.444. The highest BCUT2D eigenvalue weighted by Crippen LogP contribution is 2.45. The van der Waals surface area contributed by atoms with Crippen LogP contribution < -0.4 is 10.1 Å². The van der Waals surface area contributed by atoms with Crippen LogP contribution >= 0.6 is 0 Å². The molecule has 2 saturated heterocycles. The molecule has 1 atom stereocenters. The van der Waals surface area contributed by atoms with Crippen molar-refractivity contribution in [2.24, 2.45) is 5.41 Å². The Bertz CT molecular complexity index is 1410. The van der Waals surface area contributed by atoms with Gasteiger partial charge >= 0.3 is 6.36 Å². The molecule has 6 rings (SSSR count). The van der Waals surface area contributed by atoms with Gasteiger partial charge in [-0.3, -0.25) is 9.59 Å². The van der Waals surface area contributed by atoms with Crippen molar-refractivity contribution < 1.29 is 31.9 Å². The normalized spacial score (nSPS) is 22.1. The van der Waals surface area contributed by atoms with Crippen LogP contribution in [0.2, 0.25) is 0 Å². The summed E-state index contributed by atoms with van der Waals surface area (Å²) < 4.78 is 56.5. The number of fused-ring (bicyclic) bond motifs is 3. The van der Waals surface area contributed by atoms with Gasteiger partial charge < -0.3 is 19.9 Å². The van der Waals surface area contributed by atoms with E-state index in [4.69, 9.17) is 0 Å². The van der Waals surface area contributed by atoms with E-state index in [0.717, 1.165) is 41.6 Å². The Morgan fingerprint density at radius 2 is 1.87 bits per heavy atom. The van der Waals surface area contributed by atoms with E-state index in [2.05, 4.69) is 20.0 Å². The summed E-state index contributed by atoms with van der Waals surface area (Å²) in [6.45, 7) is 1.42. The quantitative estimate of drug-likeness (QED) is 0.484. The number of hydrogen-bond acceptors (Lipinski definition) is 4. The molecular weight excluding hydrogens is 504 g/mol. The molecule has 0 saturated carbocycles. The molecule has 0 bridgehead atoms. The molecule has 2 N–H and O–H groups in total. The summed E-state index contributed by atoms with van der Waals surface area (Å²) >= 11 is 0. The Balaban J connectivity index is 1.22. The zero-order chi connectivity index (χ0) is 26.7. The molecule has 11 heteroatoms. The van der Waals surface area contributed by atoms with Gasteiger partial charge in [-0.05, 0) is 74.3 Å². The van der Waals surface area contributed by atoms with Gasteiger partial charge in [0.15, 0.2) is 0 Å². The first-order valence-corrected chi connectivity index (χ1v) is 12.7. The van der Waals surface area contributed by atoms with Crippen molar-refractivity contribution in [1.29, 1.82) is 0 Å². The number of amides is 2. The standard InChI is InChI=1S/C27H26F4N4O3/c28-19-14-33-23-22(18-13-26(8-5-20(18)34-23)9-10-32-25(26)37)21(19)15-6-11-35(12-7-15)24(36)16-1-3-17(4-2-16)38-27(29,30)31/h1-4,14-15H,5-13H2,(H,32,37)(H,33,34)/t26-/m1/s1. The molecular formula is C27H26F4N4O3. The van der Waals surface area contributed by atoms with E-state index in [-0.39, 0.29) is 29.1 Å². The molecule has 3 aliphatic rings. The highest BCUT2D eigenvalue weighted by Gasteiger charge is 2.46. The van der Waals surface area contributed by atoms with Crippen molar-refractivity contribution >= 4 is 22.8 Å². The zero-order valence-electron chi connectivity index (χ0n) is 20.5. The number of ether oxygens (including phenoxy) is 1. The van der Waals surface area contributed by atoms with Crippen LogP contribution in [-0.2, 0) is 17.6 Å². The predicted molar refractivity (Wildman–Crippen MR) is 129 cm³/mol. The number of piperidine rings is 1. The predicted octanol–water partition coefficient (Wildman–Crippen LogP) is 4.62. The number of aryl methyl sites for hydroxylation is 1. The van der Waals surface area contributed by atoms with Gasteiger partial charge in [0, 0.05) is 41.8 Å². The highest BCUT2D eigenvalue weighted by molar-refractivity contribution is 5.94. The van der Waals surface area contributed by atoms with Crippen LogP contribution in [0.4, 0.5) is 17.6 Å². The number of aromatic nitrogens is 2. The summed E-state index contributed by atoms with van der Waals surface area (Å²) in [7, 11) is 0. The van der Waals surface area contributed by atoms with Crippen LogP contribution in [0.5, 0.6) is 5.75 Å². The Morgan fingerprint density at radius 3 is 2.53 bits per heavy atom. The van der Waals surface area contributed by atoms with Crippen molar-refractivity contribution in [2.45, 2.75) is 50.8 Å². The number of halogens is 4. The molecule has 2 aromatic heterocycles. The lowest BCUT2D eigenvalue weighted by Gasteiger charge is -2.33. The van der Waals surface area contributed by atoms with Gasteiger partial charge in [0.25, 0.3) is 5.91 Å². The summed E-state index contributed by atoms with van der Waals surface area (Å²) in [5.74, 6) is -1.15. The molecule has 2 aliphatic heterocycles. The molecule has 1 aromatic carbocycles. The second kappa shape index (κ2) is 8.99. The maximum absolute atomic E-state index is 15.3.